The van der Waals surface area contributed by atoms with Crippen molar-refractivity contribution in [2.45, 2.75) is 17.9 Å². The van der Waals surface area contributed by atoms with Gasteiger partial charge in [-0.15, -0.1) is 0 Å². The van der Waals surface area contributed by atoms with E-state index in [0.717, 1.165) is 22.6 Å². The van der Waals surface area contributed by atoms with Crippen LogP contribution in [0.3, 0.4) is 0 Å². The van der Waals surface area contributed by atoms with Crippen LogP contribution in [0.4, 0.5) is 4.39 Å². The van der Waals surface area contributed by atoms with Gasteiger partial charge in [0.2, 0.25) is 10.0 Å². The van der Waals surface area contributed by atoms with Gasteiger partial charge < -0.3 is 9.80 Å². The Bertz CT molecular complexity index is 927. The Morgan fingerprint density at radius 1 is 1.10 bits per heavy atom. The number of amides is 1. The number of carbonyl (C=O) groups excluding carboxylic acids is 1. The third-order valence-corrected chi connectivity index (χ3v) is 7.45. The number of likely N-dealkylation sites (N-methyl/N-ethyl adjacent to an activating group) is 1. The van der Waals surface area contributed by atoms with Crippen molar-refractivity contribution in [1.82, 2.24) is 9.21 Å². The number of hydrogen-bond acceptors (Lipinski definition) is 3. The van der Waals surface area contributed by atoms with Crippen molar-refractivity contribution >= 4 is 15.9 Å². The van der Waals surface area contributed by atoms with E-state index in [1.807, 2.05) is 37.3 Å². The van der Waals surface area contributed by atoms with E-state index in [1.54, 1.807) is 11.9 Å². The first kappa shape index (κ1) is 21.4. The molecular weight excluding hydrogens is 393 g/mol. The van der Waals surface area contributed by atoms with Gasteiger partial charge in [0.25, 0.3) is 5.91 Å². The van der Waals surface area contributed by atoms with Gasteiger partial charge in [0, 0.05) is 7.05 Å². The summed E-state index contributed by atoms with van der Waals surface area (Å²) in [6.45, 7) is 4.11. The molecule has 1 atom stereocenters. The number of rotatable bonds is 6. The highest BCUT2D eigenvalue weighted by atomic mass is 32.2. The monoisotopic (exact) mass is 420 g/mol. The van der Waals surface area contributed by atoms with Gasteiger partial charge in [0.05, 0.1) is 37.1 Å². The summed E-state index contributed by atoms with van der Waals surface area (Å²) in [5, 5.41) is 0. The Labute approximate surface area is 171 Å². The molecule has 0 bridgehead atoms. The summed E-state index contributed by atoms with van der Waals surface area (Å²) in [5.41, 5.74) is 1.08. The minimum atomic E-state index is -3.64. The van der Waals surface area contributed by atoms with Crippen LogP contribution in [0.5, 0.6) is 0 Å². The summed E-state index contributed by atoms with van der Waals surface area (Å²) in [5.74, 6) is -0.434. The van der Waals surface area contributed by atoms with Gasteiger partial charge >= 0.3 is 0 Å². The minimum absolute atomic E-state index is 0.0248. The lowest BCUT2D eigenvalue weighted by molar-refractivity contribution is -0.896. The second-order valence-electron chi connectivity index (χ2n) is 7.38. The standard InChI is InChI=1S/C21H26FN3O3S/c1-17(18-6-4-3-5-7-18)23(2)21(26)16-24-12-14-25(15-13-24)29(27,28)20-10-8-19(22)9-11-20/h3-11,17H,12-16H2,1-2H3/p+1/t17-/m0/s1. The topological polar surface area (TPSA) is 62.1 Å². The molecule has 1 heterocycles. The fourth-order valence-corrected chi connectivity index (χ4v) is 4.93. The Morgan fingerprint density at radius 3 is 2.28 bits per heavy atom. The maximum absolute atomic E-state index is 13.1. The number of nitrogens with one attached hydrogen (secondary N) is 1. The Hall–Kier alpha value is -2.29. The van der Waals surface area contributed by atoms with Crippen LogP contribution in [0.2, 0.25) is 0 Å². The van der Waals surface area contributed by atoms with Gasteiger partial charge in [-0.2, -0.15) is 4.31 Å². The van der Waals surface area contributed by atoms with Gasteiger partial charge in [-0.25, -0.2) is 12.8 Å². The molecule has 0 radical (unpaired) electrons. The lowest BCUT2D eigenvalue weighted by Gasteiger charge is -2.33. The van der Waals surface area contributed by atoms with Crippen LogP contribution in [-0.2, 0) is 14.8 Å². The average Bonchev–Trinajstić information content (AvgIpc) is 2.74. The van der Waals surface area contributed by atoms with Crippen molar-refractivity contribution < 1.29 is 22.5 Å². The molecule has 156 valence electrons. The average molecular weight is 421 g/mol. The molecule has 29 heavy (non-hydrogen) atoms. The van der Waals surface area contributed by atoms with Gasteiger partial charge in [0.15, 0.2) is 6.54 Å². The molecule has 1 saturated heterocycles. The summed E-state index contributed by atoms with van der Waals surface area (Å²) in [4.78, 5) is 15.6. The van der Waals surface area contributed by atoms with Gasteiger partial charge in [-0.1, -0.05) is 30.3 Å². The van der Waals surface area contributed by atoms with Crippen LogP contribution in [0.15, 0.2) is 59.5 Å². The number of quaternary nitrogens is 1. The van der Waals surface area contributed by atoms with Crippen molar-refractivity contribution in [3.63, 3.8) is 0 Å². The smallest absolute Gasteiger partial charge is 0.278 e. The van der Waals surface area contributed by atoms with E-state index >= 15 is 0 Å². The van der Waals surface area contributed by atoms with E-state index in [2.05, 4.69) is 0 Å². The van der Waals surface area contributed by atoms with Crippen molar-refractivity contribution in [2.75, 3.05) is 39.8 Å². The number of hydrogen-bond donors (Lipinski definition) is 1. The normalized spacial score (nSPS) is 17.1. The molecule has 6 nitrogen and oxygen atoms in total. The minimum Gasteiger partial charge on any atom is -0.334 e. The lowest BCUT2D eigenvalue weighted by atomic mass is 10.1. The van der Waals surface area contributed by atoms with Crippen molar-refractivity contribution in [3.05, 3.63) is 66.0 Å². The third kappa shape index (κ3) is 5.01. The molecule has 1 N–H and O–H groups in total. The highest BCUT2D eigenvalue weighted by Gasteiger charge is 2.32. The number of halogens is 1. The quantitative estimate of drug-likeness (QED) is 0.757. The maximum Gasteiger partial charge on any atom is 0.278 e. The Kier molecular flexibility index (Phi) is 6.66. The summed E-state index contributed by atoms with van der Waals surface area (Å²) >= 11 is 0. The number of sulfonamides is 1. The fraction of sp³-hybridized carbons (Fsp3) is 0.381. The second-order valence-corrected chi connectivity index (χ2v) is 9.31. The number of carbonyl (C=O) groups is 1. The van der Waals surface area contributed by atoms with E-state index in [1.165, 1.54) is 16.4 Å². The first-order valence-electron chi connectivity index (χ1n) is 9.69. The van der Waals surface area contributed by atoms with Gasteiger partial charge in [-0.3, -0.25) is 4.79 Å². The van der Waals surface area contributed by atoms with E-state index in [4.69, 9.17) is 0 Å². The Morgan fingerprint density at radius 2 is 1.69 bits per heavy atom. The fourth-order valence-electron chi connectivity index (χ4n) is 3.48. The molecule has 0 aromatic heterocycles. The second kappa shape index (κ2) is 9.02. The van der Waals surface area contributed by atoms with Gasteiger partial charge in [-0.05, 0) is 36.8 Å². The van der Waals surface area contributed by atoms with Crippen LogP contribution < -0.4 is 4.90 Å². The predicted octanol–water partition coefficient (Wildman–Crippen LogP) is 0.935. The number of piperazine rings is 1. The molecule has 3 rings (SSSR count). The molecule has 1 aliphatic heterocycles. The molecule has 1 amide bonds. The summed E-state index contributed by atoms with van der Waals surface area (Å²) in [6.07, 6.45) is 0. The molecule has 1 fully saturated rings. The molecule has 0 spiro atoms. The maximum atomic E-state index is 13.1. The molecule has 1 aliphatic rings. The van der Waals surface area contributed by atoms with Crippen LogP contribution in [0.25, 0.3) is 0 Å². The highest BCUT2D eigenvalue weighted by molar-refractivity contribution is 7.89. The van der Waals surface area contributed by atoms with Crippen molar-refractivity contribution in [1.29, 1.82) is 0 Å². The molecule has 0 aliphatic carbocycles. The molecule has 2 aromatic rings. The summed E-state index contributed by atoms with van der Waals surface area (Å²) in [6, 6.07) is 14.7. The molecular formula is C21H27FN3O3S+. The molecule has 8 heteroatoms. The predicted molar refractivity (Wildman–Crippen MR) is 108 cm³/mol. The van der Waals surface area contributed by atoms with E-state index in [9.17, 15) is 17.6 Å². The van der Waals surface area contributed by atoms with Gasteiger partial charge in [0.1, 0.15) is 5.82 Å². The molecule has 0 unspecified atom stereocenters. The summed E-state index contributed by atoms with van der Waals surface area (Å²) < 4.78 is 39.9. The highest BCUT2D eigenvalue weighted by Crippen LogP contribution is 2.18. The van der Waals surface area contributed by atoms with Crippen LogP contribution in [-0.4, -0.2) is 63.3 Å². The van der Waals surface area contributed by atoms with Crippen molar-refractivity contribution in [2.24, 2.45) is 0 Å². The van der Waals surface area contributed by atoms with E-state index in [0.29, 0.717) is 32.7 Å². The third-order valence-electron chi connectivity index (χ3n) is 5.54. The zero-order valence-electron chi connectivity index (χ0n) is 16.7. The van der Waals surface area contributed by atoms with Crippen molar-refractivity contribution in [3.8, 4) is 0 Å². The zero-order chi connectivity index (χ0) is 21.0. The number of benzene rings is 2. The zero-order valence-corrected chi connectivity index (χ0v) is 17.5. The van der Waals surface area contributed by atoms with Crippen LogP contribution in [0, 0.1) is 5.82 Å². The van der Waals surface area contributed by atoms with Crippen LogP contribution >= 0.6 is 0 Å². The largest absolute Gasteiger partial charge is 0.334 e. The molecule has 2 aromatic carbocycles. The summed E-state index contributed by atoms with van der Waals surface area (Å²) in [7, 11) is -1.84. The van der Waals surface area contributed by atoms with E-state index in [-0.39, 0.29) is 16.8 Å². The first-order valence-corrected chi connectivity index (χ1v) is 11.1. The first-order chi connectivity index (χ1) is 13.8. The van der Waals surface area contributed by atoms with E-state index < -0.39 is 15.8 Å². The molecule has 0 saturated carbocycles. The SMILES string of the molecule is C[C@@H](c1ccccc1)N(C)C(=O)C[NH+]1CCN(S(=O)(=O)c2ccc(F)cc2)CC1. The lowest BCUT2D eigenvalue weighted by Crippen LogP contribution is -3.15. The van der Waals surface area contributed by atoms with Crippen LogP contribution in [0.1, 0.15) is 18.5 Å². The Balaban J connectivity index is 1.55. The number of nitrogens with zero attached hydrogens (tertiary/aromatic N) is 2.